The van der Waals surface area contributed by atoms with Crippen LogP contribution in [0.3, 0.4) is 0 Å². The first-order chi connectivity index (χ1) is 11.2. The van der Waals surface area contributed by atoms with Crippen LogP contribution in [0.1, 0.15) is 42.9 Å². The summed E-state index contributed by atoms with van der Waals surface area (Å²) in [4.78, 5) is 16.3. The SMILES string of the molecule is Cc1ccc(NCc2nc(CC(=O)NC3CCCC3)n[nH]2)cc1. The molecule has 1 aliphatic rings. The van der Waals surface area contributed by atoms with E-state index in [1.807, 2.05) is 12.1 Å². The van der Waals surface area contributed by atoms with Gasteiger partial charge in [-0.3, -0.25) is 9.89 Å². The van der Waals surface area contributed by atoms with E-state index in [1.54, 1.807) is 0 Å². The monoisotopic (exact) mass is 313 g/mol. The number of rotatable bonds is 6. The van der Waals surface area contributed by atoms with Gasteiger partial charge in [0.15, 0.2) is 5.82 Å². The van der Waals surface area contributed by atoms with Crippen LogP contribution in [0.5, 0.6) is 0 Å². The molecule has 0 radical (unpaired) electrons. The molecule has 0 aliphatic heterocycles. The lowest BCUT2D eigenvalue weighted by Crippen LogP contribution is -2.33. The Balaban J connectivity index is 1.47. The van der Waals surface area contributed by atoms with Gasteiger partial charge in [0.2, 0.25) is 5.91 Å². The van der Waals surface area contributed by atoms with Gasteiger partial charge in [-0.05, 0) is 31.9 Å². The summed E-state index contributed by atoms with van der Waals surface area (Å²) in [6.45, 7) is 2.61. The van der Waals surface area contributed by atoms with Crippen LogP contribution in [0.15, 0.2) is 24.3 Å². The fourth-order valence-electron chi connectivity index (χ4n) is 2.84. The third-order valence-corrected chi connectivity index (χ3v) is 4.13. The highest BCUT2D eigenvalue weighted by Crippen LogP contribution is 2.17. The molecule has 0 unspecified atom stereocenters. The Kier molecular flexibility index (Phi) is 4.90. The molecular weight excluding hydrogens is 290 g/mol. The van der Waals surface area contributed by atoms with Crippen LogP contribution in [-0.2, 0) is 17.8 Å². The number of H-pyrrole nitrogens is 1. The Morgan fingerprint density at radius 3 is 2.74 bits per heavy atom. The number of nitrogens with zero attached hydrogens (tertiary/aromatic N) is 2. The van der Waals surface area contributed by atoms with Crippen molar-refractivity contribution in [2.45, 2.75) is 51.6 Å². The van der Waals surface area contributed by atoms with E-state index in [1.165, 1.54) is 18.4 Å². The maximum absolute atomic E-state index is 12.0. The molecule has 0 bridgehead atoms. The molecule has 1 aromatic carbocycles. The highest BCUT2D eigenvalue weighted by Gasteiger charge is 2.18. The van der Waals surface area contributed by atoms with Gasteiger partial charge in [0, 0.05) is 11.7 Å². The predicted octanol–water partition coefficient (Wildman–Crippen LogP) is 2.33. The van der Waals surface area contributed by atoms with E-state index >= 15 is 0 Å². The van der Waals surface area contributed by atoms with E-state index in [-0.39, 0.29) is 12.3 Å². The predicted molar refractivity (Wildman–Crippen MR) is 89.0 cm³/mol. The Bertz CT molecular complexity index is 643. The number of aryl methyl sites for hydroxylation is 1. The first kappa shape index (κ1) is 15.5. The van der Waals surface area contributed by atoms with Crippen molar-refractivity contribution < 1.29 is 4.79 Å². The van der Waals surface area contributed by atoms with Crippen molar-refractivity contribution in [3.8, 4) is 0 Å². The van der Waals surface area contributed by atoms with Gasteiger partial charge in [-0.2, -0.15) is 5.10 Å². The van der Waals surface area contributed by atoms with Gasteiger partial charge >= 0.3 is 0 Å². The summed E-state index contributed by atoms with van der Waals surface area (Å²) in [7, 11) is 0. The summed E-state index contributed by atoms with van der Waals surface area (Å²) in [5.41, 5.74) is 2.26. The van der Waals surface area contributed by atoms with Crippen LogP contribution < -0.4 is 10.6 Å². The van der Waals surface area contributed by atoms with Crippen LogP contribution in [-0.4, -0.2) is 27.1 Å². The quantitative estimate of drug-likeness (QED) is 0.764. The Morgan fingerprint density at radius 2 is 2.00 bits per heavy atom. The number of hydrogen-bond donors (Lipinski definition) is 3. The molecule has 6 nitrogen and oxygen atoms in total. The highest BCUT2D eigenvalue weighted by molar-refractivity contribution is 5.78. The molecule has 6 heteroatoms. The van der Waals surface area contributed by atoms with E-state index in [0.29, 0.717) is 18.4 Å². The van der Waals surface area contributed by atoms with Gasteiger partial charge in [0.1, 0.15) is 5.82 Å². The zero-order valence-electron chi connectivity index (χ0n) is 13.4. The fourth-order valence-corrected chi connectivity index (χ4v) is 2.84. The average Bonchev–Trinajstić information content (AvgIpc) is 3.19. The summed E-state index contributed by atoms with van der Waals surface area (Å²) >= 11 is 0. The van der Waals surface area contributed by atoms with Crippen molar-refractivity contribution in [1.82, 2.24) is 20.5 Å². The first-order valence-corrected chi connectivity index (χ1v) is 8.19. The Labute approximate surface area is 136 Å². The van der Waals surface area contributed by atoms with Crippen LogP contribution in [0.25, 0.3) is 0 Å². The molecule has 1 saturated carbocycles. The Morgan fingerprint density at radius 1 is 1.26 bits per heavy atom. The molecule has 1 amide bonds. The number of anilines is 1. The van der Waals surface area contributed by atoms with E-state index in [2.05, 4.69) is 44.9 Å². The molecule has 23 heavy (non-hydrogen) atoms. The number of carbonyl (C=O) groups is 1. The zero-order chi connectivity index (χ0) is 16.1. The van der Waals surface area contributed by atoms with E-state index < -0.39 is 0 Å². The number of benzene rings is 1. The average molecular weight is 313 g/mol. The minimum atomic E-state index is 0.00828. The van der Waals surface area contributed by atoms with Gasteiger partial charge < -0.3 is 10.6 Å². The molecule has 0 saturated heterocycles. The zero-order valence-corrected chi connectivity index (χ0v) is 13.4. The summed E-state index contributed by atoms with van der Waals surface area (Å²) < 4.78 is 0. The standard InChI is InChI=1S/C17H23N5O/c1-12-6-8-13(9-7-12)18-11-16-20-15(21-22-16)10-17(23)19-14-4-2-3-5-14/h6-9,14,18H,2-5,10-11H2,1H3,(H,19,23)(H,20,21,22). The van der Waals surface area contributed by atoms with Crippen molar-refractivity contribution >= 4 is 11.6 Å². The second-order valence-electron chi connectivity index (χ2n) is 6.14. The summed E-state index contributed by atoms with van der Waals surface area (Å²) in [6.07, 6.45) is 4.83. The number of hydrogen-bond acceptors (Lipinski definition) is 4. The van der Waals surface area contributed by atoms with Crippen LogP contribution in [0, 0.1) is 6.92 Å². The van der Waals surface area contributed by atoms with Crippen LogP contribution >= 0.6 is 0 Å². The summed E-state index contributed by atoms with van der Waals surface area (Å²) in [5.74, 6) is 1.28. The van der Waals surface area contributed by atoms with Crippen molar-refractivity contribution in [3.05, 3.63) is 41.5 Å². The van der Waals surface area contributed by atoms with E-state index in [4.69, 9.17) is 0 Å². The van der Waals surface area contributed by atoms with Crippen molar-refractivity contribution in [3.63, 3.8) is 0 Å². The fraction of sp³-hybridized carbons (Fsp3) is 0.471. The largest absolute Gasteiger partial charge is 0.378 e. The second-order valence-corrected chi connectivity index (χ2v) is 6.14. The van der Waals surface area contributed by atoms with Gasteiger partial charge in [-0.15, -0.1) is 0 Å². The maximum atomic E-state index is 12.0. The lowest BCUT2D eigenvalue weighted by molar-refractivity contribution is -0.121. The molecule has 1 aliphatic carbocycles. The molecule has 2 aromatic rings. The molecule has 0 spiro atoms. The van der Waals surface area contributed by atoms with Gasteiger partial charge in [0.05, 0.1) is 13.0 Å². The van der Waals surface area contributed by atoms with Crippen LogP contribution in [0.2, 0.25) is 0 Å². The molecule has 3 N–H and O–H groups in total. The van der Waals surface area contributed by atoms with Crippen LogP contribution in [0.4, 0.5) is 5.69 Å². The molecule has 0 atom stereocenters. The molecule has 1 heterocycles. The lowest BCUT2D eigenvalue weighted by atomic mass is 10.2. The number of nitrogens with one attached hydrogen (secondary N) is 3. The second kappa shape index (κ2) is 7.26. The number of carbonyl (C=O) groups excluding carboxylic acids is 1. The molecule has 1 fully saturated rings. The number of aromatic amines is 1. The van der Waals surface area contributed by atoms with Crippen molar-refractivity contribution in [1.29, 1.82) is 0 Å². The topological polar surface area (TPSA) is 82.7 Å². The molecule has 3 rings (SSSR count). The minimum Gasteiger partial charge on any atom is -0.378 e. The molecule has 1 aromatic heterocycles. The Hall–Kier alpha value is -2.37. The molecular formula is C17H23N5O. The van der Waals surface area contributed by atoms with E-state index in [0.717, 1.165) is 24.4 Å². The van der Waals surface area contributed by atoms with Gasteiger partial charge in [0.25, 0.3) is 0 Å². The third-order valence-electron chi connectivity index (χ3n) is 4.13. The molecule has 122 valence electrons. The minimum absolute atomic E-state index is 0.00828. The highest BCUT2D eigenvalue weighted by atomic mass is 16.1. The van der Waals surface area contributed by atoms with E-state index in [9.17, 15) is 4.79 Å². The van der Waals surface area contributed by atoms with Gasteiger partial charge in [-0.1, -0.05) is 30.5 Å². The maximum Gasteiger partial charge on any atom is 0.227 e. The lowest BCUT2D eigenvalue weighted by Gasteiger charge is -2.10. The van der Waals surface area contributed by atoms with Crippen molar-refractivity contribution in [2.24, 2.45) is 0 Å². The number of aromatic nitrogens is 3. The summed E-state index contributed by atoms with van der Waals surface area (Å²) in [6, 6.07) is 8.51. The first-order valence-electron chi connectivity index (χ1n) is 8.19. The van der Waals surface area contributed by atoms with Gasteiger partial charge in [-0.25, -0.2) is 4.98 Å². The number of amides is 1. The smallest absolute Gasteiger partial charge is 0.227 e. The van der Waals surface area contributed by atoms with Crippen molar-refractivity contribution in [2.75, 3.05) is 5.32 Å². The summed E-state index contributed by atoms with van der Waals surface area (Å²) in [5, 5.41) is 13.3. The third kappa shape index (κ3) is 4.55. The normalized spacial score (nSPS) is 14.8.